The van der Waals surface area contributed by atoms with Crippen molar-refractivity contribution in [1.29, 1.82) is 0 Å². The summed E-state index contributed by atoms with van der Waals surface area (Å²) in [6.07, 6.45) is -3.07. The van der Waals surface area contributed by atoms with Crippen molar-refractivity contribution in [2.24, 2.45) is 0 Å². The molecule has 2 aromatic rings. The molecular weight excluding hydrogens is 243 g/mol. The summed E-state index contributed by atoms with van der Waals surface area (Å²) in [4.78, 5) is 13.8. The molecule has 0 spiro atoms. The number of hydrogen-bond acceptors (Lipinski definition) is 1. The third kappa shape index (κ3) is 2.30. The molecular formula is C13H10F3NO. The monoisotopic (exact) mass is 253 g/mol. The Kier molecular flexibility index (Phi) is 2.98. The van der Waals surface area contributed by atoms with Crippen molar-refractivity contribution in [2.45, 2.75) is 13.1 Å². The molecule has 18 heavy (non-hydrogen) atoms. The van der Waals surface area contributed by atoms with E-state index in [4.69, 9.17) is 0 Å². The van der Waals surface area contributed by atoms with Crippen molar-refractivity contribution in [3.63, 3.8) is 0 Å². The lowest BCUT2D eigenvalue weighted by Gasteiger charge is -1.99. The van der Waals surface area contributed by atoms with E-state index >= 15 is 0 Å². The van der Waals surface area contributed by atoms with E-state index in [0.717, 1.165) is 16.6 Å². The smallest absolute Gasteiger partial charge is 0.358 e. The van der Waals surface area contributed by atoms with Gasteiger partial charge < -0.3 is 4.98 Å². The summed E-state index contributed by atoms with van der Waals surface area (Å²) in [5.41, 5.74) is 2.15. The van der Waals surface area contributed by atoms with Crippen LogP contribution in [-0.2, 0) is 4.79 Å². The van der Waals surface area contributed by atoms with Crippen LogP contribution in [0.2, 0.25) is 0 Å². The predicted molar refractivity (Wildman–Crippen MR) is 63.1 cm³/mol. The summed E-state index contributed by atoms with van der Waals surface area (Å²) in [6, 6.07) is 7.23. The van der Waals surface area contributed by atoms with Gasteiger partial charge in [0.25, 0.3) is 5.78 Å². The van der Waals surface area contributed by atoms with Gasteiger partial charge in [-0.25, -0.2) is 0 Å². The fourth-order valence-electron chi connectivity index (χ4n) is 1.77. The number of carbonyl (C=O) groups is 1. The molecule has 1 aromatic carbocycles. The first kappa shape index (κ1) is 12.4. The van der Waals surface area contributed by atoms with Crippen molar-refractivity contribution >= 4 is 22.8 Å². The average molecular weight is 253 g/mol. The summed E-state index contributed by atoms with van der Waals surface area (Å²) in [6.45, 7) is 1.75. The molecule has 0 atom stereocenters. The van der Waals surface area contributed by atoms with E-state index in [0.29, 0.717) is 11.6 Å². The zero-order valence-corrected chi connectivity index (χ0v) is 9.51. The third-order valence-electron chi connectivity index (χ3n) is 2.62. The standard InChI is InChI=1S/C13H10F3NO/c1-8-9(6-7-12(18)13(14,15)16)10-4-2-3-5-11(10)17-8/h2-7,17H,1H3/b7-6+. The van der Waals surface area contributed by atoms with Gasteiger partial charge in [-0.15, -0.1) is 0 Å². The Labute approximate surface area is 101 Å². The van der Waals surface area contributed by atoms with Crippen molar-refractivity contribution in [3.8, 4) is 0 Å². The van der Waals surface area contributed by atoms with Crippen molar-refractivity contribution < 1.29 is 18.0 Å². The maximum absolute atomic E-state index is 12.1. The fourth-order valence-corrected chi connectivity index (χ4v) is 1.77. The lowest BCUT2D eigenvalue weighted by atomic mass is 10.1. The van der Waals surface area contributed by atoms with Gasteiger partial charge in [0.2, 0.25) is 0 Å². The first-order valence-electron chi connectivity index (χ1n) is 5.26. The number of H-pyrrole nitrogens is 1. The van der Waals surface area contributed by atoms with Gasteiger partial charge in [-0.3, -0.25) is 4.79 Å². The molecule has 2 rings (SSSR count). The van der Waals surface area contributed by atoms with Gasteiger partial charge >= 0.3 is 6.18 Å². The van der Waals surface area contributed by atoms with Crippen LogP contribution in [0, 0.1) is 6.92 Å². The Hall–Kier alpha value is -2.04. The number of aryl methyl sites for hydroxylation is 1. The Balaban J connectivity index is 2.41. The molecule has 0 fully saturated rings. The minimum atomic E-state index is -4.82. The Morgan fingerprint density at radius 3 is 2.61 bits per heavy atom. The number of nitrogens with one attached hydrogen (secondary N) is 1. The molecule has 1 N–H and O–H groups in total. The molecule has 1 aromatic heterocycles. The summed E-state index contributed by atoms with van der Waals surface area (Å²) in [5, 5.41) is 0.793. The number of benzene rings is 1. The first-order valence-corrected chi connectivity index (χ1v) is 5.26. The van der Waals surface area contributed by atoms with Crippen LogP contribution in [0.15, 0.2) is 30.3 Å². The second-order valence-electron chi connectivity index (χ2n) is 3.90. The number of alkyl halides is 3. The molecule has 94 valence electrons. The molecule has 0 aliphatic carbocycles. The molecule has 0 bridgehead atoms. The number of halogens is 3. The van der Waals surface area contributed by atoms with Crippen LogP contribution >= 0.6 is 0 Å². The molecule has 2 nitrogen and oxygen atoms in total. The third-order valence-corrected chi connectivity index (χ3v) is 2.62. The Bertz CT molecular complexity index is 623. The molecule has 0 radical (unpaired) electrons. The Morgan fingerprint density at radius 1 is 1.28 bits per heavy atom. The van der Waals surface area contributed by atoms with Gasteiger partial charge in [-0.2, -0.15) is 13.2 Å². The van der Waals surface area contributed by atoms with Crippen LogP contribution in [-0.4, -0.2) is 16.9 Å². The van der Waals surface area contributed by atoms with Gasteiger partial charge in [0.05, 0.1) is 0 Å². The lowest BCUT2D eigenvalue weighted by molar-refractivity contribution is -0.165. The number of ketones is 1. The van der Waals surface area contributed by atoms with E-state index in [1.54, 1.807) is 19.1 Å². The van der Waals surface area contributed by atoms with Gasteiger partial charge in [0.15, 0.2) is 0 Å². The summed E-state index contributed by atoms with van der Waals surface area (Å²) in [5.74, 6) is -1.85. The highest BCUT2D eigenvalue weighted by Crippen LogP contribution is 2.24. The molecule has 0 unspecified atom stereocenters. The van der Waals surface area contributed by atoms with E-state index < -0.39 is 12.0 Å². The molecule has 5 heteroatoms. The Morgan fingerprint density at radius 2 is 1.94 bits per heavy atom. The molecule has 0 aliphatic rings. The van der Waals surface area contributed by atoms with Crippen LogP contribution < -0.4 is 0 Å². The van der Waals surface area contributed by atoms with Crippen molar-refractivity contribution in [3.05, 3.63) is 41.6 Å². The van der Waals surface area contributed by atoms with Crippen molar-refractivity contribution in [1.82, 2.24) is 4.98 Å². The number of aromatic nitrogens is 1. The quantitative estimate of drug-likeness (QED) is 0.814. The number of fused-ring (bicyclic) bond motifs is 1. The van der Waals surface area contributed by atoms with Crippen LogP contribution in [0.4, 0.5) is 13.2 Å². The lowest BCUT2D eigenvalue weighted by Crippen LogP contribution is -2.19. The number of aromatic amines is 1. The van der Waals surface area contributed by atoms with Crippen molar-refractivity contribution in [2.75, 3.05) is 0 Å². The van der Waals surface area contributed by atoms with Gasteiger partial charge in [0, 0.05) is 22.2 Å². The summed E-state index contributed by atoms with van der Waals surface area (Å²) in [7, 11) is 0. The van der Waals surface area contributed by atoms with E-state index in [9.17, 15) is 18.0 Å². The highest BCUT2D eigenvalue weighted by Gasteiger charge is 2.36. The van der Waals surface area contributed by atoms with Gasteiger partial charge in [-0.05, 0) is 25.1 Å². The molecule has 0 amide bonds. The molecule has 0 saturated carbocycles. The first-order chi connectivity index (χ1) is 8.39. The van der Waals surface area contributed by atoms with E-state index in [-0.39, 0.29) is 0 Å². The minimum absolute atomic E-state index is 0.558. The van der Waals surface area contributed by atoms with E-state index in [2.05, 4.69) is 4.98 Å². The summed E-state index contributed by atoms with van der Waals surface area (Å²) >= 11 is 0. The zero-order valence-electron chi connectivity index (χ0n) is 9.51. The number of rotatable bonds is 2. The van der Waals surface area contributed by atoms with Gasteiger partial charge in [0.1, 0.15) is 0 Å². The molecule has 0 saturated heterocycles. The fraction of sp³-hybridized carbons (Fsp3) is 0.154. The normalized spacial score (nSPS) is 12.4. The molecule has 0 aliphatic heterocycles. The van der Waals surface area contributed by atoms with E-state index in [1.165, 1.54) is 6.08 Å². The average Bonchev–Trinajstić information content (AvgIpc) is 2.60. The van der Waals surface area contributed by atoms with Crippen LogP contribution in [0.25, 0.3) is 17.0 Å². The maximum atomic E-state index is 12.1. The number of allylic oxidation sites excluding steroid dienone is 1. The number of para-hydroxylation sites is 1. The second-order valence-corrected chi connectivity index (χ2v) is 3.90. The SMILES string of the molecule is Cc1[nH]c2ccccc2c1/C=C/C(=O)C(F)(F)F. The van der Waals surface area contributed by atoms with Crippen LogP contribution in [0.3, 0.4) is 0 Å². The van der Waals surface area contributed by atoms with Crippen LogP contribution in [0.5, 0.6) is 0 Å². The maximum Gasteiger partial charge on any atom is 0.454 e. The van der Waals surface area contributed by atoms with Gasteiger partial charge in [-0.1, -0.05) is 18.2 Å². The second kappa shape index (κ2) is 4.33. The minimum Gasteiger partial charge on any atom is -0.358 e. The predicted octanol–water partition coefficient (Wildman–Crippen LogP) is 3.62. The highest BCUT2D eigenvalue weighted by molar-refractivity contribution is 6.00. The van der Waals surface area contributed by atoms with Crippen LogP contribution in [0.1, 0.15) is 11.3 Å². The number of hydrogen-bond donors (Lipinski definition) is 1. The summed E-state index contributed by atoms with van der Waals surface area (Å²) < 4.78 is 36.3. The zero-order chi connectivity index (χ0) is 13.3. The largest absolute Gasteiger partial charge is 0.454 e. The van der Waals surface area contributed by atoms with E-state index in [1.807, 2.05) is 12.1 Å². The highest BCUT2D eigenvalue weighted by atomic mass is 19.4. The topological polar surface area (TPSA) is 32.9 Å². The molecule has 1 heterocycles. The number of carbonyl (C=O) groups excluding carboxylic acids is 1.